The fourth-order valence-electron chi connectivity index (χ4n) is 1.22. The first-order chi connectivity index (χ1) is 3.86. The van der Waals surface area contributed by atoms with Crippen molar-refractivity contribution in [2.24, 2.45) is 0 Å². The van der Waals surface area contributed by atoms with Crippen molar-refractivity contribution in [3.05, 3.63) is 0 Å². The van der Waals surface area contributed by atoms with Gasteiger partial charge in [-0.15, -0.1) is 0 Å². The van der Waals surface area contributed by atoms with Crippen LogP contribution in [0.4, 0.5) is 0 Å². The summed E-state index contributed by atoms with van der Waals surface area (Å²) < 4.78 is 0. The van der Waals surface area contributed by atoms with E-state index < -0.39 is 0 Å². The Bertz CT molecular complexity index is 56.8. The van der Waals surface area contributed by atoms with E-state index in [-0.39, 0.29) is 0 Å². The van der Waals surface area contributed by atoms with Crippen LogP contribution >= 0.6 is 0 Å². The van der Waals surface area contributed by atoms with Gasteiger partial charge in [-0.3, -0.25) is 0 Å². The third kappa shape index (κ3) is 1.03. The average molecular weight is 113 g/mol. The molecule has 48 valence electrons. The Hall–Kier alpha value is -0.0400. The van der Waals surface area contributed by atoms with Crippen molar-refractivity contribution in [2.45, 2.75) is 45.2 Å². The maximum Gasteiger partial charge on any atom is 0.00818 e. The molecule has 1 heteroatoms. The molecular formula is C7H15N. The smallest absolute Gasteiger partial charge is 0.00818 e. The maximum atomic E-state index is 3.48. The molecule has 0 aliphatic carbocycles. The van der Waals surface area contributed by atoms with Crippen LogP contribution in [-0.4, -0.2) is 12.1 Å². The number of nitrogens with one attached hydrogen (secondary N) is 1. The van der Waals surface area contributed by atoms with Crippen LogP contribution in [0, 0.1) is 0 Å². The molecule has 0 unspecified atom stereocenters. The van der Waals surface area contributed by atoms with E-state index in [1.165, 1.54) is 19.3 Å². The fraction of sp³-hybridized carbons (Fsp3) is 1.00. The molecule has 1 fully saturated rings. The van der Waals surface area contributed by atoms with Gasteiger partial charge >= 0.3 is 0 Å². The molecule has 0 spiro atoms. The van der Waals surface area contributed by atoms with Crippen LogP contribution in [0.15, 0.2) is 0 Å². The van der Waals surface area contributed by atoms with Crippen LogP contribution in [0.1, 0.15) is 33.1 Å². The predicted molar refractivity (Wildman–Crippen MR) is 35.9 cm³/mol. The highest BCUT2D eigenvalue weighted by Gasteiger charge is 2.23. The molecule has 1 saturated heterocycles. The molecule has 1 aliphatic heterocycles. The van der Waals surface area contributed by atoms with Gasteiger partial charge in [-0.05, 0) is 19.3 Å². The Balaban J connectivity index is 2.03. The summed E-state index contributed by atoms with van der Waals surface area (Å²) in [6.07, 6.45) is 4.01. The Kier molecular flexibility index (Phi) is 1.90. The van der Waals surface area contributed by atoms with Crippen molar-refractivity contribution in [3.63, 3.8) is 0 Å². The molecule has 0 aromatic carbocycles. The molecule has 1 rings (SSSR count). The highest BCUT2D eigenvalue weighted by molar-refractivity contribution is 4.85. The van der Waals surface area contributed by atoms with Gasteiger partial charge in [0, 0.05) is 12.1 Å². The predicted octanol–water partition coefficient (Wildman–Crippen LogP) is 1.54. The molecule has 1 aliphatic rings. The largest absolute Gasteiger partial charge is 0.311 e. The van der Waals surface area contributed by atoms with E-state index in [1.807, 2.05) is 0 Å². The van der Waals surface area contributed by atoms with Crippen LogP contribution in [0.25, 0.3) is 0 Å². The fourth-order valence-corrected chi connectivity index (χ4v) is 1.22. The van der Waals surface area contributed by atoms with Crippen molar-refractivity contribution in [1.82, 2.24) is 5.32 Å². The monoisotopic (exact) mass is 113 g/mol. The zero-order chi connectivity index (χ0) is 5.98. The van der Waals surface area contributed by atoms with Crippen LogP contribution in [0.2, 0.25) is 0 Å². The quantitative estimate of drug-likeness (QED) is 0.572. The molecule has 8 heavy (non-hydrogen) atoms. The molecule has 1 nitrogen and oxygen atoms in total. The van der Waals surface area contributed by atoms with Gasteiger partial charge in [0.25, 0.3) is 0 Å². The number of rotatable bonds is 2. The van der Waals surface area contributed by atoms with Gasteiger partial charge in [-0.2, -0.15) is 0 Å². The second kappa shape index (κ2) is 2.49. The number of hydrogen-bond donors (Lipinski definition) is 1. The molecule has 0 aromatic heterocycles. The lowest BCUT2D eigenvalue weighted by molar-refractivity contribution is 0.252. The first kappa shape index (κ1) is 6.09. The van der Waals surface area contributed by atoms with Gasteiger partial charge in [-0.1, -0.05) is 13.8 Å². The molecule has 0 bridgehead atoms. The SMILES string of the molecule is CC[C@H]1C[C@H](CC)N1. The van der Waals surface area contributed by atoms with Crippen molar-refractivity contribution >= 4 is 0 Å². The van der Waals surface area contributed by atoms with Crippen LogP contribution in [0.5, 0.6) is 0 Å². The lowest BCUT2D eigenvalue weighted by Crippen LogP contribution is -2.51. The summed E-state index contributed by atoms with van der Waals surface area (Å²) in [5.41, 5.74) is 0. The number of hydrogen-bond acceptors (Lipinski definition) is 1. The Labute approximate surface area is 51.5 Å². The molecule has 0 saturated carbocycles. The first-order valence-electron chi connectivity index (χ1n) is 3.62. The van der Waals surface area contributed by atoms with Crippen molar-refractivity contribution in [1.29, 1.82) is 0 Å². The highest BCUT2D eigenvalue weighted by Crippen LogP contribution is 2.16. The summed E-state index contributed by atoms with van der Waals surface area (Å²) in [6.45, 7) is 4.48. The van der Waals surface area contributed by atoms with Gasteiger partial charge in [-0.25, -0.2) is 0 Å². The van der Waals surface area contributed by atoms with Crippen molar-refractivity contribution < 1.29 is 0 Å². The Morgan fingerprint density at radius 2 is 1.62 bits per heavy atom. The summed E-state index contributed by atoms with van der Waals surface area (Å²) in [6, 6.07) is 1.69. The maximum absolute atomic E-state index is 3.48. The van der Waals surface area contributed by atoms with E-state index >= 15 is 0 Å². The summed E-state index contributed by atoms with van der Waals surface area (Å²) >= 11 is 0. The lowest BCUT2D eigenvalue weighted by atomic mass is 9.93. The Morgan fingerprint density at radius 1 is 1.25 bits per heavy atom. The van der Waals surface area contributed by atoms with Gasteiger partial charge in [0.05, 0.1) is 0 Å². The topological polar surface area (TPSA) is 12.0 Å². The summed E-state index contributed by atoms with van der Waals surface area (Å²) in [7, 11) is 0. The average Bonchev–Trinajstić information content (AvgIpc) is 1.65. The van der Waals surface area contributed by atoms with E-state index in [2.05, 4.69) is 19.2 Å². The molecule has 1 heterocycles. The van der Waals surface area contributed by atoms with Gasteiger partial charge in [0.2, 0.25) is 0 Å². The minimum absolute atomic E-state index is 0.847. The van der Waals surface area contributed by atoms with E-state index in [9.17, 15) is 0 Å². The summed E-state index contributed by atoms with van der Waals surface area (Å²) in [5.74, 6) is 0. The van der Waals surface area contributed by atoms with E-state index in [4.69, 9.17) is 0 Å². The minimum atomic E-state index is 0.847. The normalized spacial score (nSPS) is 36.8. The standard InChI is InChI=1S/C7H15N/c1-3-6-5-7(4-2)8-6/h6-8H,3-5H2,1-2H3/t6-,7-/m0/s1. The van der Waals surface area contributed by atoms with E-state index in [1.54, 1.807) is 0 Å². The first-order valence-corrected chi connectivity index (χ1v) is 3.62. The second-order valence-corrected chi connectivity index (χ2v) is 2.61. The molecular weight excluding hydrogens is 98.1 g/mol. The van der Waals surface area contributed by atoms with E-state index in [0.29, 0.717) is 0 Å². The zero-order valence-corrected chi connectivity index (χ0v) is 5.78. The molecule has 0 radical (unpaired) electrons. The van der Waals surface area contributed by atoms with Crippen LogP contribution in [-0.2, 0) is 0 Å². The minimum Gasteiger partial charge on any atom is -0.311 e. The molecule has 0 aromatic rings. The molecule has 0 amide bonds. The third-order valence-corrected chi connectivity index (χ3v) is 2.03. The molecule has 1 N–H and O–H groups in total. The van der Waals surface area contributed by atoms with E-state index in [0.717, 1.165) is 12.1 Å². The molecule has 2 atom stereocenters. The summed E-state index contributed by atoms with van der Waals surface area (Å²) in [4.78, 5) is 0. The third-order valence-electron chi connectivity index (χ3n) is 2.03. The second-order valence-electron chi connectivity index (χ2n) is 2.61. The van der Waals surface area contributed by atoms with Crippen LogP contribution < -0.4 is 5.32 Å². The van der Waals surface area contributed by atoms with Gasteiger partial charge in [0.1, 0.15) is 0 Å². The van der Waals surface area contributed by atoms with Crippen molar-refractivity contribution in [2.75, 3.05) is 0 Å². The van der Waals surface area contributed by atoms with Crippen LogP contribution in [0.3, 0.4) is 0 Å². The summed E-state index contributed by atoms with van der Waals surface area (Å²) in [5, 5.41) is 3.48. The Morgan fingerprint density at radius 3 is 1.88 bits per heavy atom. The van der Waals surface area contributed by atoms with Gasteiger partial charge < -0.3 is 5.32 Å². The van der Waals surface area contributed by atoms with Crippen molar-refractivity contribution in [3.8, 4) is 0 Å². The highest BCUT2D eigenvalue weighted by atomic mass is 15.0. The van der Waals surface area contributed by atoms with Gasteiger partial charge in [0.15, 0.2) is 0 Å². The lowest BCUT2D eigenvalue weighted by Gasteiger charge is -2.36. The zero-order valence-electron chi connectivity index (χ0n) is 5.78.